The molecule has 0 radical (unpaired) electrons. The van der Waals surface area contributed by atoms with E-state index in [2.05, 4.69) is 34.5 Å². The third kappa shape index (κ3) is 6.54. The monoisotopic (exact) mass is 480 g/mol. The van der Waals surface area contributed by atoms with Crippen molar-refractivity contribution >= 4 is 34.4 Å². The molecule has 1 N–H and O–H groups in total. The number of nitrogens with zero attached hydrogens (tertiary/aromatic N) is 3. The van der Waals surface area contributed by atoms with Gasteiger partial charge in [-0.05, 0) is 30.2 Å². The van der Waals surface area contributed by atoms with Crippen LogP contribution in [0.4, 0.5) is 5.13 Å². The van der Waals surface area contributed by atoms with Gasteiger partial charge in [-0.15, -0.1) is 11.3 Å². The lowest BCUT2D eigenvalue weighted by atomic mass is 9.89. The Balaban J connectivity index is 1.31. The largest absolute Gasteiger partial charge is 0.340 e. The standard InChI is InChI=1S/C27H36N4O2S/c1-27(2,3)19-23(32)28-26-29-24-21(12-7-13-22(24)34-26)25(33)31-17-15-30(16-18-31)14-8-11-20-9-5-4-6-10-20/h4-6,8-11,21H,7,12-19H2,1-3H3,(H,28,29,32)/b11-8+. The molecule has 1 saturated heterocycles. The van der Waals surface area contributed by atoms with E-state index in [1.54, 1.807) is 0 Å². The predicted molar refractivity (Wildman–Crippen MR) is 139 cm³/mol. The van der Waals surface area contributed by atoms with Crippen molar-refractivity contribution < 1.29 is 9.59 Å². The minimum Gasteiger partial charge on any atom is -0.340 e. The maximum atomic E-state index is 13.4. The van der Waals surface area contributed by atoms with Gasteiger partial charge in [0.2, 0.25) is 11.8 Å². The number of carbonyl (C=O) groups excluding carboxylic acids is 2. The molecule has 1 aromatic heterocycles. The van der Waals surface area contributed by atoms with Crippen molar-refractivity contribution in [2.45, 2.75) is 52.4 Å². The number of anilines is 1. The van der Waals surface area contributed by atoms with Gasteiger partial charge in [0.05, 0.1) is 11.6 Å². The first-order valence-electron chi connectivity index (χ1n) is 12.3. The minimum absolute atomic E-state index is 0.0149. The maximum absolute atomic E-state index is 13.4. The molecule has 1 aliphatic carbocycles. The lowest BCUT2D eigenvalue weighted by molar-refractivity contribution is -0.135. The number of amides is 2. The van der Waals surface area contributed by atoms with Crippen LogP contribution in [0.25, 0.3) is 6.08 Å². The second-order valence-corrected chi connectivity index (χ2v) is 11.6. The quantitative estimate of drug-likeness (QED) is 0.645. The molecule has 2 heterocycles. The number of hydrogen-bond donors (Lipinski definition) is 1. The van der Waals surface area contributed by atoms with Crippen LogP contribution in [0.1, 0.15) is 62.1 Å². The van der Waals surface area contributed by atoms with E-state index in [1.807, 2.05) is 43.9 Å². The molecular formula is C27H36N4O2S. The molecule has 34 heavy (non-hydrogen) atoms. The number of aryl methyl sites for hydroxylation is 1. The number of rotatable bonds is 6. The summed E-state index contributed by atoms with van der Waals surface area (Å²) in [5.74, 6) is -0.00463. The molecule has 1 aliphatic heterocycles. The first-order valence-corrected chi connectivity index (χ1v) is 13.1. The summed E-state index contributed by atoms with van der Waals surface area (Å²) < 4.78 is 0. The van der Waals surface area contributed by atoms with E-state index >= 15 is 0 Å². The fourth-order valence-electron chi connectivity index (χ4n) is 4.63. The van der Waals surface area contributed by atoms with Gasteiger partial charge in [-0.1, -0.05) is 63.3 Å². The second kappa shape index (κ2) is 10.8. The number of fused-ring (bicyclic) bond motifs is 1. The first-order chi connectivity index (χ1) is 16.3. The highest BCUT2D eigenvalue weighted by Crippen LogP contribution is 2.38. The molecule has 1 unspecified atom stereocenters. The van der Waals surface area contributed by atoms with Gasteiger partial charge in [0.15, 0.2) is 5.13 Å². The minimum atomic E-state index is -0.183. The van der Waals surface area contributed by atoms with E-state index in [0.29, 0.717) is 11.6 Å². The van der Waals surface area contributed by atoms with Gasteiger partial charge in [0.1, 0.15) is 0 Å². The highest BCUT2D eigenvalue weighted by Gasteiger charge is 2.34. The molecule has 0 saturated carbocycles. The van der Waals surface area contributed by atoms with Gasteiger partial charge in [-0.25, -0.2) is 4.98 Å². The molecule has 0 bridgehead atoms. The van der Waals surface area contributed by atoms with E-state index in [1.165, 1.54) is 16.9 Å². The van der Waals surface area contributed by atoms with E-state index in [4.69, 9.17) is 4.98 Å². The van der Waals surface area contributed by atoms with Crippen molar-refractivity contribution in [1.82, 2.24) is 14.8 Å². The Morgan fingerprint density at radius 3 is 2.59 bits per heavy atom. The average Bonchev–Trinajstić information content (AvgIpc) is 3.21. The zero-order valence-electron chi connectivity index (χ0n) is 20.5. The molecule has 1 atom stereocenters. The number of piperazine rings is 1. The summed E-state index contributed by atoms with van der Waals surface area (Å²) in [6.07, 6.45) is 7.57. The molecule has 4 rings (SSSR count). The van der Waals surface area contributed by atoms with Crippen LogP contribution in [0.3, 0.4) is 0 Å². The summed E-state index contributed by atoms with van der Waals surface area (Å²) in [7, 11) is 0. The van der Waals surface area contributed by atoms with Crippen LogP contribution >= 0.6 is 11.3 Å². The first kappa shape index (κ1) is 24.6. The van der Waals surface area contributed by atoms with Crippen molar-refractivity contribution in [3.63, 3.8) is 0 Å². The van der Waals surface area contributed by atoms with Gasteiger partial charge in [0.25, 0.3) is 0 Å². The fraction of sp³-hybridized carbons (Fsp3) is 0.519. The van der Waals surface area contributed by atoms with Crippen LogP contribution in [0.15, 0.2) is 36.4 Å². The van der Waals surface area contributed by atoms with Crippen molar-refractivity contribution in [3.8, 4) is 0 Å². The summed E-state index contributed by atoms with van der Waals surface area (Å²) in [4.78, 5) is 36.0. The predicted octanol–water partition coefficient (Wildman–Crippen LogP) is 4.80. The smallest absolute Gasteiger partial charge is 0.231 e. The van der Waals surface area contributed by atoms with Gasteiger partial charge in [-0.2, -0.15) is 0 Å². The van der Waals surface area contributed by atoms with Gasteiger partial charge < -0.3 is 10.2 Å². The van der Waals surface area contributed by atoms with Gasteiger partial charge in [-0.3, -0.25) is 14.5 Å². The number of aromatic nitrogens is 1. The topological polar surface area (TPSA) is 65.5 Å². The van der Waals surface area contributed by atoms with E-state index in [9.17, 15) is 9.59 Å². The molecule has 182 valence electrons. The lowest BCUT2D eigenvalue weighted by Crippen LogP contribution is -2.50. The zero-order chi connectivity index (χ0) is 24.1. The Morgan fingerprint density at radius 1 is 1.15 bits per heavy atom. The third-order valence-electron chi connectivity index (χ3n) is 6.35. The fourth-order valence-corrected chi connectivity index (χ4v) is 5.71. The molecule has 7 heteroatoms. The number of carbonyl (C=O) groups is 2. The number of thiazole rings is 1. The maximum Gasteiger partial charge on any atom is 0.231 e. The Labute approximate surface area is 207 Å². The Morgan fingerprint density at radius 2 is 1.88 bits per heavy atom. The van der Waals surface area contributed by atoms with Crippen LogP contribution in [-0.2, 0) is 16.0 Å². The second-order valence-electron chi connectivity index (χ2n) is 10.5. The summed E-state index contributed by atoms with van der Waals surface area (Å²) >= 11 is 1.54. The van der Waals surface area contributed by atoms with Crippen LogP contribution in [-0.4, -0.2) is 59.3 Å². The van der Waals surface area contributed by atoms with Crippen LogP contribution < -0.4 is 5.32 Å². The highest BCUT2D eigenvalue weighted by atomic mass is 32.1. The molecule has 1 aromatic carbocycles. The molecule has 2 aromatic rings. The molecule has 6 nitrogen and oxygen atoms in total. The molecule has 2 amide bonds. The number of benzene rings is 1. The van der Waals surface area contributed by atoms with Gasteiger partial charge >= 0.3 is 0 Å². The van der Waals surface area contributed by atoms with Crippen molar-refractivity contribution in [2.24, 2.45) is 5.41 Å². The normalized spacial score (nSPS) is 19.3. The van der Waals surface area contributed by atoms with Crippen LogP contribution in [0.5, 0.6) is 0 Å². The summed E-state index contributed by atoms with van der Waals surface area (Å²) in [5.41, 5.74) is 2.03. The summed E-state index contributed by atoms with van der Waals surface area (Å²) in [6.45, 7) is 10.3. The lowest BCUT2D eigenvalue weighted by Gasteiger charge is -2.36. The van der Waals surface area contributed by atoms with E-state index < -0.39 is 0 Å². The van der Waals surface area contributed by atoms with E-state index in [-0.39, 0.29) is 23.1 Å². The van der Waals surface area contributed by atoms with Crippen LogP contribution in [0.2, 0.25) is 0 Å². The summed E-state index contributed by atoms with van der Waals surface area (Å²) in [5, 5.41) is 3.60. The van der Waals surface area contributed by atoms with Crippen molar-refractivity contribution in [2.75, 3.05) is 38.0 Å². The molecule has 2 aliphatic rings. The zero-order valence-corrected chi connectivity index (χ0v) is 21.4. The van der Waals surface area contributed by atoms with Crippen LogP contribution in [0, 0.1) is 5.41 Å². The molecule has 1 fully saturated rings. The summed E-state index contributed by atoms with van der Waals surface area (Å²) in [6, 6.07) is 10.3. The van der Waals surface area contributed by atoms with E-state index in [0.717, 1.165) is 62.6 Å². The Bertz CT molecular complexity index is 1020. The molecule has 0 spiro atoms. The van der Waals surface area contributed by atoms with Gasteiger partial charge in [0, 0.05) is 44.0 Å². The van der Waals surface area contributed by atoms with Crippen molar-refractivity contribution in [1.29, 1.82) is 0 Å². The Hall–Kier alpha value is -2.51. The molecular weight excluding hydrogens is 444 g/mol. The SMILES string of the molecule is CC(C)(C)CC(=O)Nc1nc2c(s1)CCCC2C(=O)N1CCN(C/C=C/c2ccccc2)CC1. The van der Waals surface area contributed by atoms with Crippen molar-refractivity contribution in [3.05, 3.63) is 52.5 Å². The Kier molecular flexibility index (Phi) is 7.84. The third-order valence-corrected chi connectivity index (χ3v) is 7.39. The average molecular weight is 481 g/mol. The highest BCUT2D eigenvalue weighted by molar-refractivity contribution is 7.15. The number of hydrogen-bond acceptors (Lipinski definition) is 5. The number of nitrogens with one attached hydrogen (secondary N) is 1.